The van der Waals surface area contributed by atoms with E-state index in [0.29, 0.717) is 38.2 Å². The molecular weight excluding hydrogens is 416 g/mol. The first-order valence-electron chi connectivity index (χ1n) is 11.1. The molecule has 172 valence electrons. The van der Waals surface area contributed by atoms with E-state index in [9.17, 15) is 9.90 Å². The van der Waals surface area contributed by atoms with Gasteiger partial charge in [0, 0.05) is 58.0 Å². The lowest BCUT2D eigenvalue weighted by molar-refractivity contribution is 0.0745. The number of ether oxygens (including phenoxy) is 1. The largest absolute Gasteiger partial charge is 0.396 e. The molecule has 4 aromatic rings. The van der Waals surface area contributed by atoms with E-state index in [0.717, 1.165) is 27.6 Å². The highest BCUT2D eigenvalue weighted by atomic mass is 16.5. The first-order valence-corrected chi connectivity index (χ1v) is 11.1. The molecule has 0 aliphatic heterocycles. The second kappa shape index (κ2) is 10.5. The Morgan fingerprint density at radius 3 is 2.76 bits per heavy atom. The summed E-state index contributed by atoms with van der Waals surface area (Å²) in [7, 11) is 3.44. The summed E-state index contributed by atoms with van der Waals surface area (Å²) in [6.45, 7) is 2.42. The van der Waals surface area contributed by atoms with E-state index in [2.05, 4.69) is 29.2 Å². The molecular formula is C26H30N4O3. The Bertz CT molecular complexity index is 1220. The van der Waals surface area contributed by atoms with Gasteiger partial charge in [-0.15, -0.1) is 0 Å². The highest BCUT2D eigenvalue weighted by molar-refractivity contribution is 6.05. The van der Waals surface area contributed by atoms with Crippen LogP contribution >= 0.6 is 0 Å². The lowest BCUT2D eigenvalue weighted by Gasteiger charge is -2.17. The summed E-state index contributed by atoms with van der Waals surface area (Å²) in [5, 5.41) is 11.4. The topological polar surface area (TPSA) is 72.5 Å². The molecule has 7 heteroatoms. The van der Waals surface area contributed by atoms with Crippen LogP contribution in [-0.4, -0.2) is 63.9 Å². The molecule has 33 heavy (non-hydrogen) atoms. The molecule has 0 radical (unpaired) electrons. The van der Waals surface area contributed by atoms with Gasteiger partial charge in [0.05, 0.1) is 30.7 Å². The van der Waals surface area contributed by atoms with Gasteiger partial charge >= 0.3 is 0 Å². The smallest absolute Gasteiger partial charge is 0.255 e. The average molecular weight is 447 g/mol. The number of hydrogen-bond acceptors (Lipinski definition) is 4. The summed E-state index contributed by atoms with van der Waals surface area (Å²) in [4.78, 5) is 19.4. The number of rotatable bonds is 10. The van der Waals surface area contributed by atoms with Crippen LogP contribution in [-0.2, 0) is 17.8 Å². The van der Waals surface area contributed by atoms with Gasteiger partial charge < -0.3 is 23.9 Å². The zero-order valence-corrected chi connectivity index (χ0v) is 19.1. The van der Waals surface area contributed by atoms with Crippen molar-refractivity contribution in [3.63, 3.8) is 0 Å². The number of likely N-dealkylation sites (N-methyl/N-ethyl adjacent to an activating group) is 1. The Hall–Kier alpha value is -3.42. The van der Waals surface area contributed by atoms with Crippen LogP contribution in [0.4, 0.5) is 0 Å². The number of carbonyl (C=O) groups is 1. The molecule has 0 aliphatic carbocycles. The number of aliphatic hydroxyl groups excluding tert-OH is 1. The average Bonchev–Trinajstić information content (AvgIpc) is 3.47. The number of carbonyl (C=O) groups excluding carboxylic acids is 1. The first kappa shape index (κ1) is 22.8. The molecule has 0 fully saturated rings. The van der Waals surface area contributed by atoms with E-state index in [1.807, 2.05) is 45.9 Å². The van der Waals surface area contributed by atoms with Crippen molar-refractivity contribution in [1.82, 2.24) is 19.0 Å². The predicted octanol–water partition coefficient (Wildman–Crippen LogP) is 3.65. The number of imidazole rings is 1. The van der Waals surface area contributed by atoms with Gasteiger partial charge in [0.15, 0.2) is 0 Å². The molecule has 0 saturated heterocycles. The fourth-order valence-corrected chi connectivity index (χ4v) is 4.09. The minimum Gasteiger partial charge on any atom is -0.396 e. The van der Waals surface area contributed by atoms with Crippen LogP contribution < -0.4 is 0 Å². The number of nitrogens with zero attached hydrogens (tertiary/aromatic N) is 4. The van der Waals surface area contributed by atoms with Crippen LogP contribution in [0.1, 0.15) is 22.5 Å². The van der Waals surface area contributed by atoms with Crippen molar-refractivity contribution < 1.29 is 14.6 Å². The van der Waals surface area contributed by atoms with E-state index >= 15 is 0 Å². The number of methoxy groups -OCH3 is 1. The van der Waals surface area contributed by atoms with Crippen LogP contribution in [0.15, 0.2) is 67.4 Å². The summed E-state index contributed by atoms with van der Waals surface area (Å²) < 4.78 is 9.25. The number of benzene rings is 2. The Kier molecular flexibility index (Phi) is 7.22. The minimum atomic E-state index is -0.0393. The van der Waals surface area contributed by atoms with Crippen LogP contribution in [0.3, 0.4) is 0 Å². The minimum absolute atomic E-state index is 0.0393. The molecule has 0 atom stereocenters. The predicted molar refractivity (Wildman–Crippen MR) is 129 cm³/mol. The van der Waals surface area contributed by atoms with E-state index in [4.69, 9.17) is 4.74 Å². The van der Waals surface area contributed by atoms with Crippen molar-refractivity contribution in [1.29, 1.82) is 0 Å². The van der Waals surface area contributed by atoms with Gasteiger partial charge in [-0.1, -0.05) is 42.5 Å². The van der Waals surface area contributed by atoms with Crippen molar-refractivity contribution in [2.75, 3.05) is 33.9 Å². The third-order valence-electron chi connectivity index (χ3n) is 5.87. The van der Waals surface area contributed by atoms with Crippen molar-refractivity contribution in [2.24, 2.45) is 0 Å². The Balaban J connectivity index is 1.75. The Labute approximate surface area is 193 Å². The van der Waals surface area contributed by atoms with Gasteiger partial charge in [0.25, 0.3) is 5.91 Å². The number of amides is 1. The second-order valence-corrected chi connectivity index (χ2v) is 8.16. The van der Waals surface area contributed by atoms with Gasteiger partial charge in [-0.05, 0) is 22.8 Å². The van der Waals surface area contributed by atoms with E-state index in [-0.39, 0.29) is 12.5 Å². The molecule has 0 saturated carbocycles. The summed E-state index contributed by atoms with van der Waals surface area (Å²) in [5.74, 6) is -0.0393. The monoisotopic (exact) mass is 446 g/mol. The van der Waals surface area contributed by atoms with Gasteiger partial charge in [0.1, 0.15) is 0 Å². The van der Waals surface area contributed by atoms with Gasteiger partial charge in [-0.3, -0.25) is 4.79 Å². The summed E-state index contributed by atoms with van der Waals surface area (Å²) in [5.41, 5.74) is 3.62. The maximum atomic E-state index is 13.4. The van der Waals surface area contributed by atoms with Crippen molar-refractivity contribution >= 4 is 16.7 Å². The number of fused-ring (bicyclic) bond motifs is 1. The molecule has 4 rings (SSSR count). The normalized spacial score (nSPS) is 11.2. The van der Waals surface area contributed by atoms with Crippen LogP contribution in [0.2, 0.25) is 0 Å². The van der Waals surface area contributed by atoms with E-state index < -0.39 is 0 Å². The molecule has 0 bridgehead atoms. The van der Waals surface area contributed by atoms with Crippen LogP contribution in [0.25, 0.3) is 21.9 Å². The molecule has 1 N–H and O–H groups in total. The second-order valence-electron chi connectivity index (χ2n) is 8.16. The third-order valence-corrected chi connectivity index (χ3v) is 5.87. The van der Waals surface area contributed by atoms with Gasteiger partial charge in [-0.2, -0.15) is 0 Å². The molecule has 1 amide bonds. The summed E-state index contributed by atoms with van der Waals surface area (Å²) >= 11 is 0. The first-order chi connectivity index (χ1) is 16.1. The Morgan fingerprint density at radius 2 is 1.94 bits per heavy atom. The third kappa shape index (κ3) is 4.99. The maximum Gasteiger partial charge on any atom is 0.255 e. The standard InChI is InChI=1S/C26H30N4O3/c1-28(12-14-33-2)26(32)25-18-29(16-21-15-27-19-30(21)11-6-13-31)17-24(25)23-10-5-8-20-7-3-4-9-22(20)23/h3-5,7-10,15,17-19,31H,6,11-14,16H2,1-2H3. The maximum absolute atomic E-state index is 13.4. The lowest BCUT2D eigenvalue weighted by atomic mass is 9.97. The molecule has 0 aliphatic rings. The van der Waals surface area contributed by atoms with Crippen molar-refractivity contribution in [3.8, 4) is 11.1 Å². The quantitative estimate of drug-likeness (QED) is 0.404. The molecule has 2 aromatic carbocycles. The zero-order chi connectivity index (χ0) is 23.2. The van der Waals surface area contributed by atoms with E-state index in [1.54, 1.807) is 25.4 Å². The SMILES string of the molecule is COCCN(C)C(=O)c1cn(Cc2cncn2CCCO)cc1-c1cccc2ccccc12. The fraction of sp³-hybridized carbons (Fsp3) is 0.308. The van der Waals surface area contributed by atoms with Gasteiger partial charge in [-0.25, -0.2) is 4.98 Å². The highest BCUT2D eigenvalue weighted by Gasteiger charge is 2.21. The molecule has 0 spiro atoms. The zero-order valence-electron chi connectivity index (χ0n) is 19.1. The Morgan fingerprint density at radius 1 is 1.12 bits per heavy atom. The molecule has 0 unspecified atom stereocenters. The fourth-order valence-electron chi connectivity index (χ4n) is 4.09. The van der Waals surface area contributed by atoms with Crippen LogP contribution in [0.5, 0.6) is 0 Å². The molecule has 2 heterocycles. The summed E-state index contributed by atoms with van der Waals surface area (Å²) in [6, 6.07) is 14.4. The lowest BCUT2D eigenvalue weighted by Crippen LogP contribution is -2.30. The number of aryl methyl sites for hydroxylation is 1. The number of aliphatic hydroxyl groups is 1. The number of hydrogen-bond donors (Lipinski definition) is 1. The van der Waals surface area contributed by atoms with Crippen LogP contribution in [0, 0.1) is 0 Å². The molecule has 2 aromatic heterocycles. The van der Waals surface area contributed by atoms with Crippen molar-refractivity contribution in [2.45, 2.75) is 19.5 Å². The summed E-state index contributed by atoms with van der Waals surface area (Å²) in [6.07, 6.45) is 8.25. The number of aromatic nitrogens is 3. The van der Waals surface area contributed by atoms with Gasteiger partial charge in [0.2, 0.25) is 0 Å². The highest BCUT2D eigenvalue weighted by Crippen LogP contribution is 2.32. The van der Waals surface area contributed by atoms with E-state index in [1.165, 1.54) is 0 Å². The van der Waals surface area contributed by atoms with Crippen molar-refractivity contribution in [3.05, 3.63) is 78.6 Å². The molecule has 7 nitrogen and oxygen atoms in total.